The van der Waals surface area contributed by atoms with Crippen molar-refractivity contribution >= 4 is 34.3 Å². The maximum atomic E-state index is 12.4. The van der Waals surface area contributed by atoms with Gasteiger partial charge in [0.25, 0.3) is 17.8 Å². The topological polar surface area (TPSA) is 204 Å². The minimum absolute atomic E-state index is 0.0579. The molecule has 43 heavy (non-hydrogen) atoms. The summed E-state index contributed by atoms with van der Waals surface area (Å²) in [6.07, 6.45) is 13.1. The van der Waals surface area contributed by atoms with Gasteiger partial charge in [-0.05, 0) is 49.6 Å². The third-order valence-corrected chi connectivity index (χ3v) is 6.44. The highest BCUT2D eigenvalue weighted by atomic mass is 16.1. The second-order valence-corrected chi connectivity index (χ2v) is 9.48. The van der Waals surface area contributed by atoms with Gasteiger partial charge in [0.1, 0.15) is 29.6 Å². The SMILES string of the molecule is Cc1ccc(C(=O)NC2CC2)cc1Nc1ncnc2c1cnn2-c1ncccn1.N#Cc1cnn(-c2ncccn2)c1N. The first-order valence-electron chi connectivity index (χ1n) is 13.2. The summed E-state index contributed by atoms with van der Waals surface area (Å²) in [5.74, 6) is 1.57. The number of rotatable bonds is 6. The first-order chi connectivity index (χ1) is 21.0. The van der Waals surface area contributed by atoms with E-state index in [4.69, 9.17) is 11.0 Å². The number of carbonyl (C=O) groups excluding carboxylic acids is 1. The van der Waals surface area contributed by atoms with E-state index in [9.17, 15) is 4.79 Å². The Hall–Kier alpha value is -6.30. The number of nitrogens with zero attached hydrogens (tertiary/aromatic N) is 11. The highest BCUT2D eigenvalue weighted by Gasteiger charge is 2.24. The summed E-state index contributed by atoms with van der Waals surface area (Å²) in [6, 6.07) is 11.3. The van der Waals surface area contributed by atoms with Gasteiger partial charge in [-0.2, -0.15) is 24.8 Å². The van der Waals surface area contributed by atoms with Crippen LogP contribution in [0.4, 0.5) is 17.3 Å². The van der Waals surface area contributed by atoms with Crippen LogP contribution in [0.5, 0.6) is 0 Å². The zero-order chi connectivity index (χ0) is 29.8. The van der Waals surface area contributed by atoms with E-state index < -0.39 is 0 Å². The maximum Gasteiger partial charge on any atom is 0.252 e. The van der Waals surface area contributed by atoms with Crippen LogP contribution in [0.3, 0.4) is 0 Å². The lowest BCUT2D eigenvalue weighted by molar-refractivity contribution is 0.0951. The van der Waals surface area contributed by atoms with Crippen molar-refractivity contribution in [2.24, 2.45) is 0 Å². The number of hydrogen-bond donors (Lipinski definition) is 3. The Bertz CT molecular complexity index is 1940. The summed E-state index contributed by atoms with van der Waals surface area (Å²) in [6.45, 7) is 1.98. The Labute approximate surface area is 244 Å². The number of aromatic nitrogens is 10. The molecule has 1 amide bonds. The van der Waals surface area contributed by atoms with Crippen LogP contribution in [0.1, 0.15) is 34.3 Å². The van der Waals surface area contributed by atoms with Crippen molar-refractivity contribution in [3.63, 3.8) is 0 Å². The van der Waals surface area contributed by atoms with Crippen LogP contribution in [-0.4, -0.2) is 61.4 Å². The highest BCUT2D eigenvalue weighted by Crippen LogP contribution is 2.27. The van der Waals surface area contributed by atoms with Crippen LogP contribution in [-0.2, 0) is 0 Å². The Morgan fingerprint density at radius 3 is 2.28 bits per heavy atom. The van der Waals surface area contributed by atoms with E-state index in [1.165, 1.54) is 17.2 Å². The number of carbonyl (C=O) groups is 1. The zero-order valence-corrected chi connectivity index (χ0v) is 22.8. The molecule has 0 saturated heterocycles. The molecule has 1 saturated carbocycles. The third-order valence-electron chi connectivity index (χ3n) is 6.44. The lowest BCUT2D eigenvalue weighted by atomic mass is 10.1. The van der Waals surface area contributed by atoms with Gasteiger partial charge in [0.2, 0.25) is 0 Å². The first kappa shape index (κ1) is 26.9. The monoisotopic (exact) mass is 572 g/mol. The number of benzene rings is 1. The van der Waals surface area contributed by atoms with Crippen LogP contribution in [0.25, 0.3) is 22.9 Å². The van der Waals surface area contributed by atoms with Gasteiger partial charge in [-0.15, -0.1) is 0 Å². The molecule has 15 heteroatoms. The maximum absolute atomic E-state index is 12.4. The molecule has 15 nitrogen and oxygen atoms in total. The molecule has 1 aliphatic rings. The molecule has 1 fully saturated rings. The van der Waals surface area contributed by atoms with E-state index in [1.807, 2.05) is 31.2 Å². The number of nitrogens with one attached hydrogen (secondary N) is 2. The Morgan fingerprint density at radius 2 is 1.63 bits per heavy atom. The van der Waals surface area contributed by atoms with Gasteiger partial charge < -0.3 is 16.4 Å². The smallest absolute Gasteiger partial charge is 0.252 e. The number of aryl methyl sites for hydroxylation is 1. The molecule has 0 bridgehead atoms. The molecule has 0 aliphatic heterocycles. The van der Waals surface area contributed by atoms with Gasteiger partial charge >= 0.3 is 0 Å². The van der Waals surface area contributed by atoms with E-state index in [0.717, 1.165) is 29.5 Å². The second kappa shape index (κ2) is 11.7. The van der Waals surface area contributed by atoms with E-state index in [-0.39, 0.29) is 11.7 Å². The van der Waals surface area contributed by atoms with Gasteiger partial charge in [0.05, 0.1) is 17.8 Å². The molecule has 0 atom stereocenters. The fourth-order valence-electron chi connectivity index (χ4n) is 4.02. The zero-order valence-electron chi connectivity index (χ0n) is 22.8. The number of anilines is 3. The molecular weight excluding hydrogens is 548 g/mol. The Balaban J connectivity index is 0.000000197. The van der Waals surface area contributed by atoms with Crippen molar-refractivity contribution in [2.75, 3.05) is 11.1 Å². The van der Waals surface area contributed by atoms with Gasteiger partial charge in [-0.25, -0.2) is 29.9 Å². The normalized spacial score (nSPS) is 12.2. The summed E-state index contributed by atoms with van der Waals surface area (Å²) < 4.78 is 2.88. The largest absolute Gasteiger partial charge is 0.382 e. The van der Waals surface area contributed by atoms with Crippen molar-refractivity contribution < 1.29 is 4.79 Å². The molecule has 1 aliphatic carbocycles. The van der Waals surface area contributed by atoms with Crippen LogP contribution in [0, 0.1) is 18.3 Å². The first-order valence-corrected chi connectivity index (χ1v) is 13.2. The fraction of sp³-hybridized carbons (Fsp3) is 0.143. The number of hydrogen-bond acceptors (Lipinski definition) is 12. The van der Waals surface area contributed by atoms with Crippen LogP contribution >= 0.6 is 0 Å². The third kappa shape index (κ3) is 5.79. The van der Waals surface area contributed by atoms with Crippen molar-refractivity contribution in [1.82, 2.24) is 54.8 Å². The summed E-state index contributed by atoms with van der Waals surface area (Å²) in [5.41, 5.74) is 8.97. The molecule has 0 spiro atoms. The second-order valence-electron chi connectivity index (χ2n) is 9.48. The van der Waals surface area contributed by atoms with Gasteiger partial charge in [0.15, 0.2) is 5.65 Å². The van der Waals surface area contributed by atoms with E-state index in [2.05, 4.69) is 50.7 Å². The van der Waals surface area contributed by atoms with E-state index >= 15 is 0 Å². The minimum Gasteiger partial charge on any atom is -0.382 e. The summed E-state index contributed by atoms with van der Waals surface area (Å²) in [7, 11) is 0. The number of nitrogen functional groups attached to an aromatic ring is 1. The van der Waals surface area contributed by atoms with Crippen LogP contribution in [0.2, 0.25) is 0 Å². The summed E-state index contributed by atoms with van der Waals surface area (Å²) in [5, 5.41) is 24.0. The average Bonchev–Trinajstić information content (AvgIpc) is 3.61. The molecule has 5 aromatic heterocycles. The minimum atomic E-state index is -0.0579. The van der Waals surface area contributed by atoms with Gasteiger partial charge in [-0.1, -0.05) is 6.07 Å². The van der Waals surface area contributed by atoms with Crippen molar-refractivity contribution in [1.29, 1.82) is 5.26 Å². The quantitative estimate of drug-likeness (QED) is 0.263. The molecule has 6 aromatic rings. The van der Waals surface area contributed by atoms with Crippen molar-refractivity contribution in [2.45, 2.75) is 25.8 Å². The van der Waals surface area contributed by atoms with Crippen molar-refractivity contribution in [3.8, 4) is 18.0 Å². The lowest BCUT2D eigenvalue weighted by Gasteiger charge is -2.12. The standard InChI is InChI=1S/C20H18N8O.C8H6N6/c1-12-3-4-13(19(29)26-14-5-6-14)9-16(12)27-17-15-10-25-28(18(15)24-11-23-17)20-21-7-2-8-22-20;9-4-6-5-13-14(7(6)10)8-11-2-1-3-12-8/h2-4,7-11,14H,5-6H2,1H3,(H,26,29)(H,23,24,27);1-3,5H,10H2. The lowest BCUT2D eigenvalue weighted by Crippen LogP contribution is -2.25. The predicted octanol–water partition coefficient (Wildman–Crippen LogP) is 2.67. The Kier molecular flexibility index (Phi) is 7.30. The molecule has 212 valence electrons. The van der Waals surface area contributed by atoms with Crippen LogP contribution in [0.15, 0.2) is 73.8 Å². The molecule has 4 N–H and O–H groups in total. The van der Waals surface area contributed by atoms with E-state index in [0.29, 0.717) is 40.5 Å². The highest BCUT2D eigenvalue weighted by molar-refractivity contribution is 5.96. The number of nitriles is 1. The molecule has 0 radical (unpaired) electrons. The molecule has 5 heterocycles. The van der Waals surface area contributed by atoms with Crippen molar-refractivity contribution in [3.05, 3.63) is 90.5 Å². The Morgan fingerprint density at radius 1 is 0.953 bits per heavy atom. The molecule has 1 aromatic carbocycles. The number of fused-ring (bicyclic) bond motifs is 1. The average molecular weight is 573 g/mol. The van der Waals surface area contributed by atoms with Gasteiger partial charge in [-0.3, -0.25) is 4.79 Å². The fourth-order valence-corrected chi connectivity index (χ4v) is 4.02. The van der Waals surface area contributed by atoms with E-state index in [1.54, 1.807) is 47.8 Å². The number of amides is 1. The molecule has 7 rings (SSSR count). The van der Waals surface area contributed by atoms with Gasteiger partial charge in [0, 0.05) is 42.1 Å². The number of nitrogens with two attached hydrogens (primary N) is 1. The predicted molar refractivity (Wildman–Crippen MR) is 155 cm³/mol. The van der Waals surface area contributed by atoms with Crippen LogP contribution < -0.4 is 16.4 Å². The molecule has 0 unspecified atom stereocenters. The molecular formula is C28H24N14O. The summed E-state index contributed by atoms with van der Waals surface area (Å²) in [4.78, 5) is 37.5. The summed E-state index contributed by atoms with van der Waals surface area (Å²) >= 11 is 0.